The molecule has 0 heterocycles. The van der Waals surface area contributed by atoms with Crippen molar-refractivity contribution >= 4 is 34.8 Å². The monoisotopic (exact) mass is 370 g/mol. The van der Waals surface area contributed by atoms with Gasteiger partial charge in [0.1, 0.15) is 0 Å². The normalized spacial score (nSPS) is 11.1. The van der Waals surface area contributed by atoms with Crippen LogP contribution in [-0.4, -0.2) is 11.8 Å². The van der Waals surface area contributed by atoms with Crippen molar-refractivity contribution in [2.24, 2.45) is 0 Å². The van der Waals surface area contributed by atoms with Crippen molar-refractivity contribution in [1.82, 2.24) is 0 Å². The molecular weight excluding hydrogens is 357 g/mol. The van der Waals surface area contributed by atoms with E-state index in [0.717, 1.165) is 23.8 Å². The fourth-order valence-corrected chi connectivity index (χ4v) is 2.57. The number of alkyl halides is 3. The minimum absolute atomic E-state index is 0.137. The summed E-state index contributed by atoms with van der Waals surface area (Å²) in [5.41, 5.74) is 0.750. The molecule has 0 aliphatic rings. The molecule has 2 amide bonds. The van der Waals surface area contributed by atoms with E-state index in [9.17, 15) is 22.8 Å². The van der Waals surface area contributed by atoms with Gasteiger partial charge in [0.2, 0.25) is 0 Å². The van der Waals surface area contributed by atoms with Gasteiger partial charge in [-0.3, -0.25) is 9.59 Å². The average molecular weight is 371 g/mol. The summed E-state index contributed by atoms with van der Waals surface area (Å²) in [7, 11) is 0. The Kier molecular flexibility index (Phi) is 5.37. The molecule has 2 aromatic carbocycles. The van der Waals surface area contributed by atoms with E-state index in [0.29, 0.717) is 5.56 Å². The highest BCUT2D eigenvalue weighted by atomic mass is 35.5. The van der Waals surface area contributed by atoms with Gasteiger partial charge in [0.05, 0.1) is 16.3 Å². The lowest BCUT2D eigenvalue weighted by Gasteiger charge is -2.12. The molecule has 0 unspecified atom stereocenters. The molecule has 0 atom stereocenters. The van der Waals surface area contributed by atoms with Gasteiger partial charge in [-0.2, -0.15) is 13.2 Å². The number of carbonyl (C=O) groups excluding carboxylic acids is 2. The maximum Gasteiger partial charge on any atom is 0.416 e. The number of benzene rings is 2. The van der Waals surface area contributed by atoms with Gasteiger partial charge in [0.15, 0.2) is 0 Å². The van der Waals surface area contributed by atoms with Gasteiger partial charge in [-0.25, -0.2) is 0 Å². The quantitative estimate of drug-likeness (QED) is 0.762. The molecule has 132 valence electrons. The summed E-state index contributed by atoms with van der Waals surface area (Å²) in [6, 6.07) is 7.39. The van der Waals surface area contributed by atoms with Crippen molar-refractivity contribution in [2.75, 3.05) is 10.6 Å². The van der Waals surface area contributed by atoms with Crippen LogP contribution in [0.1, 0.15) is 16.7 Å². The van der Waals surface area contributed by atoms with Gasteiger partial charge in [-0.15, -0.1) is 0 Å². The molecule has 0 radical (unpaired) electrons. The number of nitrogens with one attached hydrogen (secondary N) is 2. The van der Waals surface area contributed by atoms with Gasteiger partial charge in [-0.05, 0) is 49.2 Å². The van der Waals surface area contributed by atoms with Crippen molar-refractivity contribution in [1.29, 1.82) is 0 Å². The molecule has 2 aromatic rings. The molecule has 0 aliphatic heterocycles. The fraction of sp³-hybridized carbons (Fsp3) is 0.176. The minimum Gasteiger partial charge on any atom is -0.318 e. The zero-order valence-electron chi connectivity index (χ0n) is 13.3. The summed E-state index contributed by atoms with van der Waals surface area (Å²) in [4.78, 5) is 23.9. The van der Waals surface area contributed by atoms with E-state index < -0.39 is 23.6 Å². The highest BCUT2D eigenvalue weighted by Gasteiger charge is 2.30. The fourth-order valence-electron chi connectivity index (χ4n) is 2.21. The summed E-state index contributed by atoms with van der Waals surface area (Å²) in [5, 5.41) is 4.76. The molecule has 0 bridgehead atoms. The third-order valence-corrected chi connectivity index (χ3v) is 3.62. The predicted octanol–water partition coefficient (Wildman–Crippen LogP) is 4.55. The van der Waals surface area contributed by atoms with Gasteiger partial charge < -0.3 is 10.6 Å². The predicted molar refractivity (Wildman–Crippen MR) is 89.6 cm³/mol. The first-order chi connectivity index (χ1) is 11.6. The Labute approximate surface area is 147 Å². The van der Waals surface area contributed by atoms with Crippen LogP contribution >= 0.6 is 11.6 Å². The van der Waals surface area contributed by atoms with Crippen LogP contribution in [0.5, 0.6) is 0 Å². The number of halogens is 4. The van der Waals surface area contributed by atoms with E-state index in [2.05, 4.69) is 10.6 Å². The first kappa shape index (κ1) is 18.8. The smallest absolute Gasteiger partial charge is 0.318 e. The minimum atomic E-state index is -4.55. The topological polar surface area (TPSA) is 58.2 Å². The summed E-state index contributed by atoms with van der Waals surface area (Å²) < 4.78 is 38.0. The maximum absolute atomic E-state index is 12.7. The molecule has 25 heavy (non-hydrogen) atoms. The first-order valence-electron chi connectivity index (χ1n) is 7.14. The third-order valence-electron chi connectivity index (χ3n) is 3.32. The lowest BCUT2D eigenvalue weighted by Crippen LogP contribution is -2.29. The summed E-state index contributed by atoms with van der Waals surface area (Å²) in [5.74, 6) is -2.14. The molecule has 0 saturated heterocycles. The van der Waals surface area contributed by atoms with Crippen LogP contribution in [0.3, 0.4) is 0 Å². The Morgan fingerprint density at radius 1 is 1.00 bits per heavy atom. The van der Waals surface area contributed by atoms with E-state index >= 15 is 0 Å². The van der Waals surface area contributed by atoms with E-state index in [-0.39, 0.29) is 16.4 Å². The van der Waals surface area contributed by atoms with Crippen molar-refractivity contribution < 1.29 is 22.8 Å². The zero-order chi connectivity index (χ0) is 18.8. The Balaban J connectivity index is 2.13. The summed E-state index contributed by atoms with van der Waals surface area (Å²) in [6.07, 6.45) is -4.55. The Morgan fingerprint density at radius 3 is 2.24 bits per heavy atom. The molecule has 0 saturated carbocycles. The standard InChI is InChI=1S/C17H14ClF3N2O2/c1-9-6-10(2)14(13(18)7-9)23-16(25)15(24)22-12-5-3-4-11(8-12)17(19,20)21/h3-8H,1-2H3,(H,22,24)(H,23,25). The molecule has 0 aliphatic carbocycles. The first-order valence-corrected chi connectivity index (χ1v) is 7.52. The SMILES string of the molecule is Cc1cc(C)c(NC(=O)C(=O)Nc2cccc(C(F)(F)F)c2)c(Cl)c1. The number of aryl methyl sites for hydroxylation is 2. The van der Waals surface area contributed by atoms with Crippen molar-refractivity contribution in [3.8, 4) is 0 Å². The van der Waals surface area contributed by atoms with Gasteiger partial charge in [-0.1, -0.05) is 23.7 Å². The van der Waals surface area contributed by atoms with E-state index in [1.165, 1.54) is 6.07 Å². The second-order valence-corrected chi connectivity index (χ2v) is 5.83. The summed E-state index contributed by atoms with van der Waals surface area (Å²) in [6.45, 7) is 3.53. The molecular formula is C17H14ClF3N2O2. The zero-order valence-corrected chi connectivity index (χ0v) is 14.0. The van der Waals surface area contributed by atoms with Crippen LogP contribution in [0.4, 0.5) is 24.5 Å². The van der Waals surface area contributed by atoms with Crippen LogP contribution < -0.4 is 10.6 Å². The molecule has 8 heteroatoms. The molecule has 0 fully saturated rings. The Bertz CT molecular complexity index is 812. The molecule has 4 nitrogen and oxygen atoms in total. The van der Waals surface area contributed by atoms with Crippen LogP contribution in [0.2, 0.25) is 5.02 Å². The van der Waals surface area contributed by atoms with Gasteiger partial charge in [0, 0.05) is 5.69 Å². The molecule has 0 aromatic heterocycles. The molecule has 2 N–H and O–H groups in total. The van der Waals surface area contributed by atoms with Crippen LogP contribution in [-0.2, 0) is 15.8 Å². The lowest BCUT2D eigenvalue weighted by molar-refractivity contribution is -0.137. The lowest BCUT2D eigenvalue weighted by atomic mass is 10.1. The second-order valence-electron chi connectivity index (χ2n) is 5.43. The molecule has 2 rings (SSSR count). The van der Waals surface area contributed by atoms with E-state index in [1.807, 2.05) is 6.92 Å². The highest BCUT2D eigenvalue weighted by molar-refractivity contribution is 6.45. The van der Waals surface area contributed by atoms with Crippen LogP contribution in [0, 0.1) is 13.8 Å². The number of anilines is 2. The van der Waals surface area contributed by atoms with E-state index in [1.54, 1.807) is 19.1 Å². The number of hydrogen-bond acceptors (Lipinski definition) is 2. The average Bonchev–Trinajstić information content (AvgIpc) is 2.50. The second kappa shape index (κ2) is 7.14. The Hall–Kier alpha value is -2.54. The van der Waals surface area contributed by atoms with Crippen molar-refractivity contribution in [3.63, 3.8) is 0 Å². The Morgan fingerprint density at radius 2 is 1.64 bits per heavy atom. The van der Waals surface area contributed by atoms with Crippen molar-refractivity contribution in [2.45, 2.75) is 20.0 Å². The van der Waals surface area contributed by atoms with Gasteiger partial charge in [0.25, 0.3) is 0 Å². The number of carbonyl (C=O) groups is 2. The third kappa shape index (κ3) is 4.73. The maximum atomic E-state index is 12.7. The number of hydrogen-bond donors (Lipinski definition) is 2. The highest BCUT2D eigenvalue weighted by Crippen LogP contribution is 2.31. The molecule has 0 spiro atoms. The van der Waals surface area contributed by atoms with Crippen molar-refractivity contribution in [3.05, 3.63) is 58.1 Å². The van der Waals surface area contributed by atoms with E-state index in [4.69, 9.17) is 11.6 Å². The number of amides is 2. The largest absolute Gasteiger partial charge is 0.416 e. The number of rotatable bonds is 2. The summed E-state index contributed by atoms with van der Waals surface area (Å²) >= 11 is 6.04. The van der Waals surface area contributed by atoms with Gasteiger partial charge >= 0.3 is 18.0 Å². The van der Waals surface area contributed by atoms with Crippen LogP contribution in [0.25, 0.3) is 0 Å². The van der Waals surface area contributed by atoms with Crippen LogP contribution in [0.15, 0.2) is 36.4 Å².